The molecule has 1 atom stereocenters. The lowest BCUT2D eigenvalue weighted by molar-refractivity contribution is 0.164. The molecule has 0 aromatic heterocycles. The number of sulfonamides is 1. The number of benzene rings is 1. The summed E-state index contributed by atoms with van der Waals surface area (Å²) >= 11 is 0. The zero-order valence-corrected chi connectivity index (χ0v) is 16.0. The zero-order valence-electron chi connectivity index (χ0n) is 15.2. The summed E-state index contributed by atoms with van der Waals surface area (Å²) in [6, 6.07) is 8.57. The van der Waals surface area contributed by atoms with Crippen molar-refractivity contribution in [3.63, 3.8) is 0 Å². The molecule has 1 aromatic rings. The third kappa shape index (κ3) is 5.46. The number of nitrogens with one attached hydrogen (secondary N) is 1. The normalized spacial score (nSPS) is 17.6. The molecule has 1 aromatic carbocycles. The molecule has 1 heterocycles. The van der Waals surface area contributed by atoms with Gasteiger partial charge in [-0.05, 0) is 50.0 Å². The minimum Gasteiger partial charge on any atom is -0.378 e. The molecule has 1 saturated heterocycles. The molecule has 5 nitrogen and oxygen atoms in total. The van der Waals surface area contributed by atoms with E-state index in [0.29, 0.717) is 13.0 Å². The van der Waals surface area contributed by atoms with Crippen LogP contribution in [0.15, 0.2) is 24.3 Å². The Morgan fingerprint density at radius 3 is 2.29 bits per heavy atom. The molecule has 1 aliphatic heterocycles. The molecule has 1 N–H and O–H groups in total. The molecule has 0 bridgehead atoms. The Balaban J connectivity index is 2.15. The van der Waals surface area contributed by atoms with Gasteiger partial charge < -0.3 is 4.90 Å². The first kappa shape index (κ1) is 19.2. The Bertz CT molecular complexity index is 593. The Labute approximate surface area is 147 Å². The molecule has 0 spiro atoms. The summed E-state index contributed by atoms with van der Waals surface area (Å²) < 4.78 is 26.9. The molecule has 1 aliphatic rings. The number of rotatable bonds is 8. The van der Waals surface area contributed by atoms with Crippen molar-refractivity contribution >= 4 is 15.7 Å². The van der Waals surface area contributed by atoms with Gasteiger partial charge in [0.05, 0.1) is 5.75 Å². The first-order valence-electron chi connectivity index (χ1n) is 8.91. The number of anilines is 1. The number of hydrogen-bond acceptors (Lipinski definition) is 4. The van der Waals surface area contributed by atoms with Crippen molar-refractivity contribution in [2.75, 3.05) is 44.4 Å². The lowest BCUT2D eigenvalue weighted by Crippen LogP contribution is -2.41. The second-order valence-corrected chi connectivity index (χ2v) is 8.69. The third-order valence-electron chi connectivity index (χ3n) is 4.60. The molecule has 0 aliphatic carbocycles. The van der Waals surface area contributed by atoms with Crippen LogP contribution >= 0.6 is 0 Å². The maximum absolute atomic E-state index is 12.1. The Kier molecular flexibility index (Phi) is 7.07. The summed E-state index contributed by atoms with van der Waals surface area (Å²) in [5.41, 5.74) is 2.34. The minimum absolute atomic E-state index is 0.105. The highest BCUT2D eigenvalue weighted by Crippen LogP contribution is 2.26. The van der Waals surface area contributed by atoms with E-state index in [9.17, 15) is 8.42 Å². The lowest BCUT2D eigenvalue weighted by atomic mass is 10.0. The SMILES string of the molecule is CCCS(=O)(=O)NCC(c1ccc(N(C)C)cc1)N1CCCCC1. The van der Waals surface area contributed by atoms with Crippen molar-refractivity contribution in [3.8, 4) is 0 Å². The maximum atomic E-state index is 12.1. The van der Waals surface area contributed by atoms with E-state index in [1.807, 2.05) is 21.0 Å². The van der Waals surface area contributed by atoms with Crippen molar-refractivity contribution in [1.29, 1.82) is 0 Å². The van der Waals surface area contributed by atoms with Crippen LogP contribution in [0, 0.1) is 0 Å². The monoisotopic (exact) mass is 353 g/mol. The predicted molar refractivity (Wildman–Crippen MR) is 101 cm³/mol. The van der Waals surface area contributed by atoms with Gasteiger partial charge in [0.2, 0.25) is 10.0 Å². The topological polar surface area (TPSA) is 52.7 Å². The van der Waals surface area contributed by atoms with E-state index in [1.165, 1.54) is 24.8 Å². The predicted octanol–water partition coefficient (Wildman–Crippen LogP) is 2.61. The van der Waals surface area contributed by atoms with E-state index >= 15 is 0 Å². The van der Waals surface area contributed by atoms with Gasteiger partial charge in [-0.25, -0.2) is 13.1 Å². The number of likely N-dealkylation sites (tertiary alicyclic amines) is 1. The van der Waals surface area contributed by atoms with Crippen molar-refractivity contribution in [2.24, 2.45) is 0 Å². The van der Waals surface area contributed by atoms with Crippen molar-refractivity contribution in [3.05, 3.63) is 29.8 Å². The highest BCUT2D eigenvalue weighted by atomic mass is 32.2. The van der Waals surface area contributed by atoms with Crippen LogP contribution in [0.3, 0.4) is 0 Å². The second kappa shape index (κ2) is 8.83. The van der Waals surface area contributed by atoms with Crippen LogP contribution < -0.4 is 9.62 Å². The molecule has 0 saturated carbocycles. The third-order valence-corrected chi connectivity index (χ3v) is 6.15. The summed E-state index contributed by atoms with van der Waals surface area (Å²) in [4.78, 5) is 4.49. The Morgan fingerprint density at radius 2 is 1.75 bits per heavy atom. The van der Waals surface area contributed by atoms with Gasteiger partial charge in [-0.1, -0.05) is 25.5 Å². The zero-order chi connectivity index (χ0) is 17.6. The van der Waals surface area contributed by atoms with E-state index in [2.05, 4.69) is 38.8 Å². The average molecular weight is 354 g/mol. The standard InChI is InChI=1S/C18H31N3O2S/c1-4-14-24(22,23)19-15-18(21-12-6-5-7-13-21)16-8-10-17(11-9-16)20(2)3/h8-11,18-19H,4-7,12-15H2,1-3H3. The fraction of sp³-hybridized carbons (Fsp3) is 0.667. The van der Waals surface area contributed by atoms with E-state index in [1.54, 1.807) is 0 Å². The number of hydrogen-bond donors (Lipinski definition) is 1. The van der Waals surface area contributed by atoms with Gasteiger partial charge in [0.15, 0.2) is 0 Å². The fourth-order valence-corrected chi connectivity index (χ4v) is 4.32. The van der Waals surface area contributed by atoms with Crippen LogP contribution in [-0.4, -0.2) is 52.8 Å². The smallest absolute Gasteiger partial charge is 0.211 e. The van der Waals surface area contributed by atoms with E-state index < -0.39 is 10.0 Å². The van der Waals surface area contributed by atoms with E-state index in [-0.39, 0.29) is 11.8 Å². The van der Waals surface area contributed by atoms with Gasteiger partial charge >= 0.3 is 0 Å². The van der Waals surface area contributed by atoms with Gasteiger partial charge in [0, 0.05) is 32.4 Å². The highest BCUT2D eigenvalue weighted by molar-refractivity contribution is 7.89. The highest BCUT2D eigenvalue weighted by Gasteiger charge is 2.24. The van der Waals surface area contributed by atoms with Crippen LogP contribution in [0.2, 0.25) is 0 Å². The molecule has 0 amide bonds. The van der Waals surface area contributed by atoms with Gasteiger partial charge in [-0.3, -0.25) is 4.90 Å². The first-order valence-corrected chi connectivity index (χ1v) is 10.6. The van der Waals surface area contributed by atoms with Crippen LogP contribution in [0.4, 0.5) is 5.69 Å². The number of nitrogens with zero attached hydrogens (tertiary/aromatic N) is 2. The maximum Gasteiger partial charge on any atom is 0.211 e. The summed E-state index contributed by atoms with van der Waals surface area (Å²) in [5, 5.41) is 0. The molecule has 6 heteroatoms. The van der Waals surface area contributed by atoms with Gasteiger partial charge in [-0.2, -0.15) is 0 Å². The van der Waals surface area contributed by atoms with Crippen LogP contribution in [0.5, 0.6) is 0 Å². The molecule has 1 unspecified atom stereocenters. The first-order chi connectivity index (χ1) is 11.4. The Morgan fingerprint density at radius 1 is 1.12 bits per heavy atom. The van der Waals surface area contributed by atoms with E-state index in [0.717, 1.165) is 18.8 Å². The average Bonchev–Trinajstić information content (AvgIpc) is 2.56. The lowest BCUT2D eigenvalue weighted by Gasteiger charge is -2.35. The van der Waals surface area contributed by atoms with Crippen molar-refractivity contribution in [2.45, 2.75) is 38.6 Å². The van der Waals surface area contributed by atoms with Gasteiger partial charge in [0.25, 0.3) is 0 Å². The largest absolute Gasteiger partial charge is 0.378 e. The van der Waals surface area contributed by atoms with Gasteiger partial charge in [-0.15, -0.1) is 0 Å². The summed E-state index contributed by atoms with van der Waals surface area (Å²) in [6.45, 7) is 4.41. The van der Waals surface area contributed by atoms with Crippen LogP contribution in [0.1, 0.15) is 44.2 Å². The minimum atomic E-state index is -3.18. The molecule has 0 radical (unpaired) electrons. The van der Waals surface area contributed by atoms with Crippen LogP contribution in [0.25, 0.3) is 0 Å². The van der Waals surface area contributed by atoms with Gasteiger partial charge in [0.1, 0.15) is 0 Å². The number of piperidine rings is 1. The molecule has 2 rings (SSSR count). The Hall–Kier alpha value is -1.11. The summed E-state index contributed by atoms with van der Waals surface area (Å²) in [7, 11) is 0.868. The quantitative estimate of drug-likeness (QED) is 0.780. The summed E-state index contributed by atoms with van der Waals surface area (Å²) in [6.07, 6.45) is 4.29. The summed E-state index contributed by atoms with van der Waals surface area (Å²) in [5.74, 6) is 0.194. The second-order valence-electron chi connectivity index (χ2n) is 6.77. The fourth-order valence-electron chi connectivity index (χ4n) is 3.23. The van der Waals surface area contributed by atoms with E-state index in [4.69, 9.17) is 0 Å². The van der Waals surface area contributed by atoms with Crippen molar-refractivity contribution in [1.82, 2.24) is 9.62 Å². The van der Waals surface area contributed by atoms with Crippen molar-refractivity contribution < 1.29 is 8.42 Å². The molecular weight excluding hydrogens is 322 g/mol. The van der Waals surface area contributed by atoms with Crippen LogP contribution in [-0.2, 0) is 10.0 Å². The molecule has 1 fully saturated rings. The molecule has 24 heavy (non-hydrogen) atoms. The molecule has 136 valence electrons. The molecular formula is C18H31N3O2S.